The molecule has 0 aliphatic heterocycles. The summed E-state index contributed by atoms with van der Waals surface area (Å²) in [7, 11) is 0. The van der Waals surface area contributed by atoms with E-state index in [1.54, 1.807) is 0 Å². The Bertz CT molecular complexity index is 2230. The van der Waals surface area contributed by atoms with Gasteiger partial charge in [0.15, 0.2) is 11.5 Å². The molecule has 26 nitrogen and oxygen atoms in total. The number of aromatic hydroxyl groups is 2. The number of carboxylic acid groups (broad SMARTS) is 4. The summed E-state index contributed by atoms with van der Waals surface area (Å²) < 4.78 is 14.4. The lowest BCUT2D eigenvalue weighted by Crippen LogP contribution is -2.53. The molecule has 6 amide bonds. The van der Waals surface area contributed by atoms with Gasteiger partial charge in [-0.25, -0.2) is 33.2 Å². The van der Waals surface area contributed by atoms with Crippen LogP contribution >= 0.6 is 0 Å². The third-order valence-corrected chi connectivity index (χ3v) is 8.98. The zero-order valence-electron chi connectivity index (χ0n) is 32.6. The third kappa shape index (κ3) is 14.0. The Morgan fingerprint density at radius 3 is 1.14 bits per heavy atom. The highest BCUT2D eigenvalue weighted by Gasteiger charge is 2.28. The summed E-state index contributed by atoms with van der Waals surface area (Å²) >= 11 is 0. The number of carboxylic acids is 4. The van der Waals surface area contributed by atoms with Gasteiger partial charge in [-0.15, -0.1) is 0 Å². The lowest BCUT2D eigenvalue weighted by atomic mass is 10.1. The molecule has 340 valence electrons. The number of amides is 6. The highest BCUT2D eigenvalue weighted by atomic mass is 19.1. The molecule has 3 aromatic carbocycles. The number of carbonyl (C=O) groups excluding carboxylic acids is 4. The molecule has 0 bridgehead atoms. The van der Waals surface area contributed by atoms with E-state index in [1.165, 1.54) is 0 Å². The van der Waals surface area contributed by atoms with Crippen LogP contribution in [0.5, 0.6) is 11.5 Å². The largest absolute Gasteiger partial charge is 0.502 e. The molecule has 0 aliphatic carbocycles. The van der Waals surface area contributed by atoms with Gasteiger partial charge in [-0.1, -0.05) is 0 Å². The Kier molecular flexibility index (Phi) is 17.6. The monoisotopic (exact) mass is 892 g/mol. The fourth-order valence-electron chi connectivity index (χ4n) is 5.53. The molecule has 0 unspecified atom stereocenters. The van der Waals surface area contributed by atoms with Crippen molar-refractivity contribution in [1.29, 1.82) is 0 Å². The molecule has 0 heterocycles. The van der Waals surface area contributed by atoms with Crippen LogP contribution in [0.2, 0.25) is 0 Å². The van der Waals surface area contributed by atoms with Crippen molar-refractivity contribution in [2.24, 2.45) is 0 Å². The quantitative estimate of drug-likeness (QED) is 0.0280. The first-order valence-electron chi connectivity index (χ1n) is 18.6. The molecule has 0 saturated heterocycles. The first-order chi connectivity index (χ1) is 29.6. The van der Waals surface area contributed by atoms with Crippen molar-refractivity contribution in [1.82, 2.24) is 31.9 Å². The van der Waals surface area contributed by atoms with Crippen molar-refractivity contribution < 1.29 is 73.4 Å². The van der Waals surface area contributed by atoms with Gasteiger partial charge in [0.05, 0.1) is 0 Å². The number of nitrogens with one attached hydrogen (secondary N) is 8. The Labute approximate surface area is 351 Å². The minimum absolute atomic E-state index is 0.0630. The second kappa shape index (κ2) is 22.5. The van der Waals surface area contributed by atoms with Crippen molar-refractivity contribution in [3.8, 4) is 11.5 Å². The van der Waals surface area contributed by atoms with Crippen LogP contribution in [-0.2, 0) is 19.2 Å². The van der Waals surface area contributed by atoms with Gasteiger partial charge in [-0.05, 0) is 56.7 Å². The summed E-state index contributed by atoms with van der Waals surface area (Å²) in [4.78, 5) is 142. The van der Waals surface area contributed by atoms with Crippen LogP contribution in [0.4, 0.5) is 25.4 Å². The van der Waals surface area contributed by atoms with E-state index < -0.39 is 135 Å². The summed E-state index contributed by atoms with van der Waals surface area (Å²) in [6.45, 7) is -1.42. The van der Waals surface area contributed by atoms with Crippen molar-refractivity contribution in [3.63, 3.8) is 0 Å². The van der Waals surface area contributed by atoms with Gasteiger partial charge in [-0.2, -0.15) is 0 Å². The van der Waals surface area contributed by atoms with Gasteiger partial charge >= 0.3 is 35.9 Å². The lowest BCUT2D eigenvalue weighted by Gasteiger charge is -2.19. The number of rotatable bonds is 26. The van der Waals surface area contributed by atoms with E-state index >= 15 is 0 Å². The van der Waals surface area contributed by atoms with E-state index in [4.69, 9.17) is 0 Å². The second-order valence-corrected chi connectivity index (χ2v) is 13.6. The topological polar surface area (TPSA) is 422 Å². The Morgan fingerprint density at radius 2 is 0.825 bits per heavy atom. The predicted octanol–water partition coefficient (Wildman–Crippen LogP) is -3.14. The number of urea groups is 2. The first kappa shape index (κ1) is 49.2. The fraction of sp³-hybridized carbons (Fsp3) is 0.389. The predicted molar refractivity (Wildman–Crippen MR) is 211 cm³/mol. The average Bonchev–Trinajstić information content (AvgIpc) is 3.23. The first-order valence-corrected chi connectivity index (χ1v) is 18.6. The molecule has 3 rings (SSSR count). The minimum Gasteiger partial charge on any atom is -0.502 e. The summed E-state index contributed by atoms with van der Waals surface area (Å²) in [6, 6.07) is -6.10. The Morgan fingerprint density at radius 1 is 0.492 bits per heavy atom. The molecule has 4 atom stereocenters. The number of aliphatic carboxylic acids is 4. The van der Waals surface area contributed by atoms with Crippen molar-refractivity contribution >= 4 is 59.1 Å². The molecule has 0 spiro atoms. The van der Waals surface area contributed by atoms with E-state index in [0.29, 0.717) is 0 Å². The van der Waals surface area contributed by atoms with E-state index in [-0.39, 0.29) is 62.7 Å². The van der Waals surface area contributed by atoms with Crippen LogP contribution in [0.15, 0.2) is 37.4 Å². The molecule has 14 N–H and O–H groups in total. The number of halogens is 1. The van der Waals surface area contributed by atoms with Gasteiger partial charge in [-0.3, -0.25) is 28.8 Å². The van der Waals surface area contributed by atoms with Gasteiger partial charge in [0.2, 0.25) is 0 Å². The van der Waals surface area contributed by atoms with Crippen LogP contribution in [0.3, 0.4) is 0 Å². The van der Waals surface area contributed by atoms with E-state index in [1.807, 2.05) is 10.6 Å². The molecule has 27 heteroatoms. The number of hydrogen-bond acceptors (Lipinski definition) is 16. The second-order valence-electron chi connectivity index (χ2n) is 13.6. The van der Waals surface area contributed by atoms with Gasteiger partial charge in [0.1, 0.15) is 41.4 Å². The number of benzene rings is 1. The smallest absolute Gasteiger partial charge is 0.328 e. The number of anilines is 2. The highest BCUT2D eigenvalue weighted by Crippen LogP contribution is 2.15. The van der Waals surface area contributed by atoms with Gasteiger partial charge in [0.25, 0.3) is 33.5 Å². The van der Waals surface area contributed by atoms with Crippen LogP contribution in [0.1, 0.15) is 59.2 Å². The number of hydrogen-bond donors (Lipinski definition) is 14. The third-order valence-electron chi connectivity index (χ3n) is 8.98. The number of carbonyl (C=O) groups is 8. The van der Waals surface area contributed by atoms with Crippen LogP contribution in [0, 0.1) is 5.82 Å². The Balaban J connectivity index is 1.39. The molecular formula is C36H41FN8O18. The minimum atomic E-state index is -1.72. The van der Waals surface area contributed by atoms with Crippen molar-refractivity contribution in [2.75, 3.05) is 36.8 Å². The van der Waals surface area contributed by atoms with Gasteiger partial charge < -0.3 is 73.2 Å². The van der Waals surface area contributed by atoms with E-state index in [2.05, 4.69) is 31.9 Å². The molecule has 0 fully saturated rings. The maximum absolute atomic E-state index is 14.4. The van der Waals surface area contributed by atoms with E-state index in [9.17, 15) is 92.6 Å². The summed E-state index contributed by atoms with van der Waals surface area (Å²) in [5.74, 6) is -10.5. The maximum Gasteiger partial charge on any atom is 0.328 e. The lowest BCUT2D eigenvalue weighted by molar-refractivity contribution is -0.140. The molecule has 3 aromatic rings. The summed E-state index contributed by atoms with van der Waals surface area (Å²) in [5.41, 5.74) is -6.11. The normalized spacial score (nSPS) is 12.8. The number of unbranched alkanes of at least 4 members (excludes halogenated alkanes) is 2. The molecular weight excluding hydrogens is 851 g/mol. The zero-order chi connectivity index (χ0) is 47.1. The molecule has 0 aliphatic rings. The molecule has 0 aromatic heterocycles. The maximum atomic E-state index is 14.4. The van der Waals surface area contributed by atoms with Crippen molar-refractivity contribution in [2.45, 2.75) is 62.7 Å². The van der Waals surface area contributed by atoms with Crippen LogP contribution in [0.25, 0.3) is 0 Å². The van der Waals surface area contributed by atoms with Crippen molar-refractivity contribution in [3.05, 3.63) is 76.0 Å². The zero-order valence-corrected chi connectivity index (χ0v) is 32.6. The average molecular weight is 893 g/mol. The molecule has 63 heavy (non-hydrogen) atoms. The standard InChI is InChI=1S/C36H41FN8O18/c37-16-10-14(29(52)38-7-3-1-5-17(31(54)55)42-35(62)44-19(33(58)59)12-40-21-23(46)27(50)24(21)47)9-15(11-16)30(53)39-8-4-2-6-18(32(56)57)43-36(63)45-20(34(60)61)13-41-22-25(48)28(51)26(22)49/h9-11,17-20,40-41,46,48H,1-8,12-13H2,(H,38,52)(H,39,53)(H,54,55)(H,56,57)(H,58,59)(H,60,61)(H2,42,44,62)(H2,43,45,63)/t17-,18-,19-,20-/m0/s1. The van der Waals surface area contributed by atoms with Gasteiger partial charge in [0, 0.05) is 37.3 Å². The highest BCUT2D eigenvalue weighted by molar-refractivity contribution is 5.99. The Hall–Kier alpha value is -8.13. The van der Waals surface area contributed by atoms with Crippen LogP contribution in [-0.4, -0.2) is 129 Å². The SMILES string of the molecule is O=C(N[C@@H](CCCCNC(=O)c1cc(F)cc(C(=O)NCCCC[C@H](NC(=O)N[C@@H](CNc2c(O)c(=O)c2=O)C(=O)O)C(=O)O)c1)C(=O)O)N[C@@H](CNc1c(O)c(=O)c1=O)C(=O)O. The summed E-state index contributed by atoms with van der Waals surface area (Å²) in [5, 5.41) is 74.0. The molecule has 0 saturated carbocycles. The fourth-order valence-corrected chi connectivity index (χ4v) is 5.53. The van der Waals surface area contributed by atoms with E-state index in [0.717, 1.165) is 18.2 Å². The molecule has 0 radical (unpaired) electrons. The van der Waals surface area contributed by atoms with Crippen LogP contribution < -0.4 is 64.2 Å². The summed E-state index contributed by atoms with van der Waals surface area (Å²) in [6.07, 6.45) is 0.119.